The van der Waals surface area contributed by atoms with Gasteiger partial charge >= 0.3 is 5.97 Å². The third-order valence-electron chi connectivity index (χ3n) is 1.45. The van der Waals surface area contributed by atoms with Crippen LogP contribution in [0.2, 0.25) is 0 Å². The van der Waals surface area contributed by atoms with E-state index in [0.717, 1.165) is 0 Å². The van der Waals surface area contributed by atoms with Crippen molar-refractivity contribution in [3.8, 4) is 0 Å². The fraction of sp³-hybridized carbons (Fsp3) is 0.429. The van der Waals surface area contributed by atoms with Crippen molar-refractivity contribution in [1.29, 1.82) is 0 Å². The van der Waals surface area contributed by atoms with Gasteiger partial charge in [-0.2, -0.15) is 0 Å². The minimum Gasteiger partial charge on any atom is -0.572 e. The van der Waals surface area contributed by atoms with E-state index in [2.05, 4.69) is 9.84 Å². The highest BCUT2D eigenvalue weighted by Crippen LogP contribution is 2.04. The largest absolute Gasteiger partial charge is 0.572 e. The monoisotopic (exact) mass is 217 g/mol. The number of methoxy groups -OCH3 is 1. The van der Waals surface area contributed by atoms with E-state index in [1.807, 2.05) is 0 Å². The van der Waals surface area contributed by atoms with Crippen molar-refractivity contribution in [2.75, 3.05) is 21.2 Å². The molecule has 0 bridgehead atoms. The topological polar surface area (TPSA) is 70.4 Å². The number of nitrogens with zero attached hydrogens (tertiary/aromatic N) is 3. The Morgan fingerprint density at radius 3 is 2.86 bits per heavy atom. The lowest BCUT2D eigenvalue weighted by atomic mass is 10.4. The molecule has 1 atom stereocenters. The zero-order chi connectivity index (χ0) is 10.7. The highest BCUT2D eigenvalue weighted by Gasteiger charge is 2.17. The van der Waals surface area contributed by atoms with E-state index in [1.54, 1.807) is 14.1 Å². The first-order chi connectivity index (χ1) is 6.56. The summed E-state index contributed by atoms with van der Waals surface area (Å²) in [5.74, 6) is -0.494. The average molecular weight is 217 g/mol. The van der Waals surface area contributed by atoms with E-state index < -0.39 is 17.5 Å². The molecule has 14 heavy (non-hydrogen) atoms. The Morgan fingerprint density at radius 1 is 1.71 bits per heavy atom. The number of ether oxygens (including phenoxy) is 1. The van der Waals surface area contributed by atoms with Crippen LogP contribution in [0.15, 0.2) is 12.4 Å². The zero-order valence-electron chi connectivity index (χ0n) is 8.13. The fourth-order valence-electron chi connectivity index (χ4n) is 0.781. The molecule has 6 nitrogen and oxygen atoms in total. The maximum absolute atomic E-state index is 11.5. The number of rotatable bonds is 3. The van der Waals surface area contributed by atoms with Crippen molar-refractivity contribution in [3.05, 3.63) is 18.0 Å². The van der Waals surface area contributed by atoms with Gasteiger partial charge in [0.05, 0.1) is 19.5 Å². The summed E-state index contributed by atoms with van der Waals surface area (Å²) < 4.78 is 18.6. The molecule has 0 amide bonds. The molecular formula is C7H11N3O3S. The van der Waals surface area contributed by atoms with Gasteiger partial charge in [0.15, 0.2) is 11.5 Å². The Bertz CT molecular complexity index is 326. The lowest BCUT2D eigenvalue weighted by molar-refractivity contribution is 0.0601. The molecule has 0 aliphatic heterocycles. The Labute approximate surface area is 84.9 Å². The molecule has 0 fully saturated rings. The number of carbonyl (C=O) groups is 1. The highest BCUT2D eigenvalue weighted by atomic mass is 32.2. The van der Waals surface area contributed by atoms with Crippen LogP contribution < -0.4 is 0 Å². The number of hydrogen-bond donors (Lipinski definition) is 0. The van der Waals surface area contributed by atoms with Gasteiger partial charge in [-0.25, -0.2) is 4.79 Å². The standard InChI is InChI=1S/C7H11N3O3S/c1-9(2)14(12)10-5-6(4-8-10)7(11)13-3/h4-5H,1-3H3. The lowest BCUT2D eigenvalue weighted by Gasteiger charge is -2.12. The van der Waals surface area contributed by atoms with Gasteiger partial charge in [0, 0.05) is 14.1 Å². The first kappa shape index (κ1) is 11.0. The Balaban J connectivity index is 2.82. The quantitative estimate of drug-likeness (QED) is 0.511. The van der Waals surface area contributed by atoms with Gasteiger partial charge in [0.1, 0.15) is 5.56 Å². The molecule has 1 unspecified atom stereocenters. The van der Waals surface area contributed by atoms with Crippen molar-refractivity contribution >= 4 is 17.5 Å². The van der Waals surface area contributed by atoms with Crippen LogP contribution in [-0.4, -0.2) is 45.2 Å². The van der Waals surface area contributed by atoms with E-state index in [4.69, 9.17) is 0 Å². The summed E-state index contributed by atoms with van der Waals surface area (Å²) in [5.41, 5.74) is 0.280. The van der Waals surface area contributed by atoms with E-state index in [-0.39, 0.29) is 5.56 Å². The van der Waals surface area contributed by atoms with Gasteiger partial charge in [-0.05, 0) is 0 Å². The molecular weight excluding hydrogens is 206 g/mol. The molecule has 7 heteroatoms. The van der Waals surface area contributed by atoms with Gasteiger partial charge in [-0.3, -0.25) is 0 Å². The minimum absolute atomic E-state index is 0.280. The van der Waals surface area contributed by atoms with Crippen LogP contribution >= 0.6 is 0 Å². The summed E-state index contributed by atoms with van der Waals surface area (Å²) in [6.45, 7) is 0. The normalized spacial score (nSPS) is 12.9. The molecule has 1 rings (SSSR count). The van der Waals surface area contributed by atoms with Crippen LogP contribution in [0.25, 0.3) is 0 Å². The highest BCUT2D eigenvalue weighted by molar-refractivity contribution is 7.87. The summed E-state index contributed by atoms with van der Waals surface area (Å²) in [6, 6.07) is 0. The average Bonchev–Trinajstić information content (AvgIpc) is 2.64. The maximum atomic E-state index is 11.5. The number of esters is 1. The smallest absolute Gasteiger partial charge is 0.341 e. The predicted octanol–water partition coefficient (Wildman–Crippen LogP) is -0.342. The maximum Gasteiger partial charge on any atom is 0.341 e. The summed E-state index contributed by atoms with van der Waals surface area (Å²) in [7, 11) is 4.58. The summed E-state index contributed by atoms with van der Waals surface area (Å²) in [5, 5.41) is 3.78. The van der Waals surface area contributed by atoms with Crippen molar-refractivity contribution in [2.24, 2.45) is 0 Å². The third kappa shape index (κ3) is 2.25. The van der Waals surface area contributed by atoms with Crippen LogP contribution in [0.1, 0.15) is 10.4 Å². The Hall–Kier alpha value is -1.05. The summed E-state index contributed by atoms with van der Waals surface area (Å²) in [6.07, 6.45) is 2.69. The second-order valence-electron chi connectivity index (χ2n) is 2.67. The second kappa shape index (κ2) is 4.45. The molecule has 1 aromatic heterocycles. The molecule has 0 aliphatic carbocycles. The van der Waals surface area contributed by atoms with Gasteiger partial charge in [-0.1, -0.05) is 4.09 Å². The molecule has 1 heterocycles. The number of hydrogen-bond acceptors (Lipinski definition) is 5. The predicted molar refractivity (Wildman–Crippen MR) is 50.8 cm³/mol. The zero-order valence-corrected chi connectivity index (χ0v) is 8.95. The summed E-state index contributed by atoms with van der Waals surface area (Å²) in [4.78, 5) is 11.0. The molecule has 1 aromatic rings. The van der Waals surface area contributed by atoms with Crippen molar-refractivity contribution in [1.82, 2.24) is 13.5 Å². The molecule has 0 aromatic carbocycles. The minimum atomic E-state index is -1.40. The van der Waals surface area contributed by atoms with Crippen LogP contribution in [-0.2, 0) is 16.3 Å². The molecule has 0 N–H and O–H groups in total. The van der Waals surface area contributed by atoms with Crippen molar-refractivity contribution < 1.29 is 14.1 Å². The van der Waals surface area contributed by atoms with Crippen LogP contribution in [0.5, 0.6) is 0 Å². The molecule has 78 valence electrons. The molecule has 0 radical (unpaired) electrons. The van der Waals surface area contributed by atoms with E-state index in [0.29, 0.717) is 0 Å². The number of carbonyl (C=O) groups excluding carboxylic acids is 1. The fourth-order valence-corrected chi connectivity index (χ4v) is 1.45. The number of aromatic nitrogens is 2. The first-order valence-electron chi connectivity index (χ1n) is 3.79. The molecule has 0 aliphatic rings. The van der Waals surface area contributed by atoms with Crippen LogP contribution in [0.4, 0.5) is 0 Å². The van der Waals surface area contributed by atoms with E-state index in [9.17, 15) is 9.35 Å². The third-order valence-corrected chi connectivity index (χ3v) is 2.60. The molecule has 0 spiro atoms. The first-order valence-corrected chi connectivity index (χ1v) is 4.85. The Kier molecular flexibility index (Phi) is 3.50. The second-order valence-corrected chi connectivity index (χ2v) is 4.23. The van der Waals surface area contributed by atoms with E-state index in [1.165, 1.54) is 27.9 Å². The summed E-state index contributed by atoms with van der Waals surface area (Å²) >= 11 is -1.40. The van der Waals surface area contributed by atoms with Gasteiger partial charge in [0.25, 0.3) is 0 Å². The van der Waals surface area contributed by atoms with Gasteiger partial charge in [-0.15, -0.1) is 9.40 Å². The van der Waals surface area contributed by atoms with Crippen LogP contribution in [0, 0.1) is 0 Å². The van der Waals surface area contributed by atoms with Gasteiger partial charge in [0.2, 0.25) is 0 Å². The molecule has 0 saturated carbocycles. The van der Waals surface area contributed by atoms with Crippen molar-refractivity contribution in [3.63, 3.8) is 0 Å². The Morgan fingerprint density at radius 2 is 2.36 bits per heavy atom. The van der Waals surface area contributed by atoms with Crippen LogP contribution in [0.3, 0.4) is 0 Å². The van der Waals surface area contributed by atoms with Gasteiger partial charge < -0.3 is 9.29 Å². The lowest BCUT2D eigenvalue weighted by Crippen LogP contribution is -2.29. The van der Waals surface area contributed by atoms with Crippen molar-refractivity contribution in [2.45, 2.75) is 0 Å². The molecule has 0 saturated heterocycles. The van der Waals surface area contributed by atoms with E-state index >= 15 is 0 Å². The SMILES string of the molecule is COC(=O)c1cnn([S+]([O-])N(C)C)c1.